The smallest absolute Gasteiger partial charge is 0.249 e. The zero-order valence-corrected chi connectivity index (χ0v) is 17.8. The van der Waals surface area contributed by atoms with Crippen LogP contribution in [0.2, 0.25) is 5.02 Å². The molecular weight excluding hydrogens is 420 g/mol. The summed E-state index contributed by atoms with van der Waals surface area (Å²) in [6.07, 6.45) is -0.0528. The lowest BCUT2D eigenvalue weighted by atomic mass is 10.0. The number of aromatic nitrogens is 2. The van der Waals surface area contributed by atoms with E-state index in [1.807, 2.05) is 30.3 Å². The van der Waals surface area contributed by atoms with Gasteiger partial charge in [-0.25, -0.2) is 4.68 Å². The van der Waals surface area contributed by atoms with Crippen LogP contribution in [-0.4, -0.2) is 35.8 Å². The summed E-state index contributed by atoms with van der Waals surface area (Å²) in [7, 11) is 3.10. The van der Waals surface area contributed by atoms with Gasteiger partial charge in [-0.2, -0.15) is 5.10 Å². The van der Waals surface area contributed by atoms with Crippen molar-refractivity contribution in [3.63, 3.8) is 0 Å². The third-order valence-electron chi connectivity index (χ3n) is 4.99. The predicted octanol–water partition coefficient (Wildman–Crippen LogP) is 3.88. The number of hydrogen-bond donors (Lipinski definition) is 2. The second kappa shape index (κ2) is 8.79. The molecule has 0 saturated heterocycles. The molecule has 160 valence electrons. The van der Waals surface area contributed by atoms with Crippen LogP contribution >= 0.6 is 11.6 Å². The minimum Gasteiger partial charge on any atom is -0.497 e. The number of anilines is 2. The van der Waals surface area contributed by atoms with Gasteiger partial charge in [-0.15, -0.1) is 0 Å². The Balaban J connectivity index is 1.74. The molecule has 1 atom stereocenters. The summed E-state index contributed by atoms with van der Waals surface area (Å²) in [5.74, 6) is 0.337. The Kier molecular flexibility index (Phi) is 5.92. The Hall–Kier alpha value is -3.36. The Bertz CT molecular complexity index is 1130. The topological polar surface area (TPSA) is 94.5 Å². The Morgan fingerprint density at radius 3 is 2.74 bits per heavy atom. The molecule has 2 heterocycles. The van der Waals surface area contributed by atoms with Gasteiger partial charge in [0.2, 0.25) is 11.8 Å². The van der Waals surface area contributed by atoms with Crippen molar-refractivity contribution in [2.45, 2.75) is 19.1 Å². The number of hydrogen-bond acceptors (Lipinski definition) is 5. The van der Waals surface area contributed by atoms with Gasteiger partial charge in [0, 0.05) is 18.7 Å². The van der Waals surface area contributed by atoms with Crippen molar-refractivity contribution in [3.05, 3.63) is 59.2 Å². The fraction of sp³-hybridized carbons (Fsp3) is 0.227. The van der Waals surface area contributed by atoms with Gasteiger partial charge in [-0.3, -0.25) is 9.59 Å². The fourth-order valence-electron chi connectivity index (χ4n) is 3.56. The van der Waals surface area contributed by atoms with Gasteiger partial charge in [0.15, 0.2) is 0 Å². The standard InChI is InChI=1S/C22H21ClN4O4/c1-30-12-17-20(13-6-4-3-5-7-13)21-25-19(28)11-18(27(21)26-17)22(29)24-16-10-14(31-2)8-9-15(16)23/h3-10,18H,11-12H2,1-2H3,(H,24,29)(H,25,28)/t18-/m1/s1. The number of carbonyl (C=O) groups excluding carboxylic acids is 2. The lowest BCUT2D eigenvalue weighted by Crippen LogP contribution is -2.36. The van der Waals surface area contributed by atoms with Gasteiger partial charge < -0.3 is 20.1 Å². The summed E-state index contributed by atoms with van der Waals surface area (Å²) in [6, 6.07) is 13.6. The molecule has 0 bridgehead atoms. The summed E-state index contributed by atoms with van der Waals surface area (Å²) in [4.78, 5) is 25.7. The lowest BCUT2D eigenvalue weighted by molar-refractivity contribution is -0.125. The van der Waals surface area contributed by atoms with Crippen molar-refractivity contribution in [2.24, 2.45) is 0 Å². The number of halogens is 1. The molecule has 0 fully saturated rings. The van der Waals surface area contributed by atoms with Crippen molar-refractivity contribution in [3.8, 4) is 16.9 Å². The van der Waals surface area contributed by atoms with Gasteiger partial charge in [0.1, 0.15) is 17.6 Å². The van der Waals surface area contributed by atoms with Gasteiger partial charge in [-0.05, 0) is 17.7 Å². The molecule has 1 aliphatic rings. The van der Waals surface area contributed by atoms with Crippen molar-refractivity contribution in [1.82, 2.24) is 9.78 Å². The van der Waals surface area contributed by atoms with E-state index in [9.17, 15) is 9.59 Å². The first kappa shape index (κ1) is 20.9. The largest absolute Gasteiger partial charge is 0.497 e. The fourth-order valence-corrected chi connectivity index (χ4v) is 3.73. The Labute approximate surface area is 184 Å². The molecule has 0 radical (unpaired) electrons. The molecule has 9 heteroatoms. The van der Waals surface area contributed by atoms with E-state index in [0.717, 1.165) is 11.1 Å². The molecule has 0 aliphatic carbocycles. The zero-order chi connectivity index (χ0) is 22.0. The maximum Gasteiger partial charge on any atom is 0.249 e. The lowest BCUT2D eigenvalue weighted by Gasteiger charge is -2.24. The molecule has 0 unspecified atom stereocenters. The third-order valence-corrected chi connectivity index (χ3v) is 5.32. The van der Waals surface area contributed by atoms with Crippen LogP contribution in [0, 0.1) is 0 Å². The highest BCUT2D eigenvalue weighted by atomic mass is 35.5. The number of nitrogens with one attached hydrogen (secondary N) is 2. The number of ether oxygens (including phenoxy) is 2. The number of carbonyl (C=O) groups is 2. The molecule has 2 amide bonds. The summed E-state index contributed by atoms with van der Waals surface area (Å²) in [5, 5.41) is 10.6. The summed E-state index contributed by atoms with van der Waals surface area (Å²) >= 11 is 6.23. The van der Waals surface area contributed by atoms with E-state index in [-0.39, 0.29) is 18.9 Å². The average molecular weight is 441 g/mol. The molecule has 4 rings (SSSR count). The second-order valence-electron chi connectivity index (χ2n) is 7.02. The highest BCUT2D eigenvalue weighted by Gasteiger charge is 2.35. The minimum atomic E-state index is -0.848. The van der Waals surface area contributed by atoms with Crippen LogP contribution in [0.1, 0.15) is 18.2 Å². The van der Waals surface area contributed by atoms with Gasteiger partial charge in [0.25, 0.3) is 0 Å². The normalized spacial score (nSPS) is 15.2. The van der Waals surface area contributed by atoms with Gasteiger partial charge in [-0.1, -0.05) is 41.9 Å². The van der Waals surface area contributed by atoms with E-state index in [2.05, 4.69) is 15.7 Å². The predicted molar refractivity (Wildman–Crippen MR) is 117 cm³/mol. The molecule has 31 heavy (non-hydrogen) atoms. The molecule has 2 aromatic carbocycles. The first-order chi connectivity index (χ1) is 15.0. The maximum absolute atomic E-state index is 13.2. The van der Waals surface area contributed by atoms with Crippen LogP contribution in [0.25, 0.3) is 11.1 Å². The Morgan fingerprint density at radius 1 is 1.26 bits per heavy atom. The number of nitrogens with zero attached hydrogens (tertiary/aromatic N) is 2. The van der Waals surface area contributed by atoms with Crippen molar-refractivity contribution in [2.75, 3.05) is 24.9 Å². The van der Waals surface area contributed by atoms with Crippen LogP contribution in [0.5, 0.6) is 5.75 Å². The zero-order valence-electron chi connectivity index (χ0n) is 17.0. The maximum atomic E-state index is 13.2. The highest BCUT2D eigenvalue weighted by molar-refractivity contribution is 6.33. The first-order valence-electron chi connectivity index (χ1n) is 9.61. The molecular formula is C22H21ClN4O4. The van der Waals surface area contributed by atoms with E-state index in [1.54, 1.807) is 30.0 Å². The first-order valence-corrected chi connectivity index (χ1v) is 9.99. The monoisotopic (exact) mass is 440 g/mol. The minimum absolute atomic E-state index is 0.0528. The van der Waals surface area contributed by atoms with Crippen LogP contribution in [0.4, 0.5) is 11.5 Å². The molecule has 0 spiro atoms. The van der Waals surface area contributed by atoms with Gasteiger partial charge >= 0.3 is 0 Å². The molecule has 1 aromatic heterocycles. The highest BCUT2D eigenvalue weighted by Crippen LogP contribution is 2.38. The summed E-state index contributed by atoms with van der Waals surface area (Å²) < 4.78 is 12.0. The molecule has 8 nitrogen and oxygen atoms in total. The Morgan fingerprint density at radius 2 is 2.03 bits per heavy atom. The molecule has 0 saturated carbocycles. The number of fused-ring (bicyclic) bond motifs is 1. The summed E-state index contributed by atoms with van der Waals surface area (Å²) in [5.41, 5.74) is 2.62. The third kappa shape index (κ3) is 4.12. The molecule has 2 N–H and O–H groups in total. The van der Waals surface area contributed by atoms with Crippen molar-refractivity contribution in [1.29, 1.82) is 0 Å². The van der Waals surface area contributed by atoms with E-state index < -0.39 is 11.9 Å². The van der Waals surface area contributed by atoms with E-state index in [4.69, 9.17) is 21.1 Å². The number of amides is 2. The van der Waals surface area contributed by atoms with Crippen LogP contribution in [0.3, 0.4) is 0 Å². The number of benzene rings is 2. The van der Waals surface area contributed by atoms with Crippen molar-refractivity contribution < 1.29 is 19.1 Å². The average Bonchev–Trinajstić information content (AvgIpc) is 3.13. The number of rotatable bonds is 6. The van der Waals surface area contributed by atoms with E-state index >= 15 is 0 Å². The SMILES string of the molecule is COCc1nn2c(c1-c1ccccc1)NC(=O)C[C@@H]2C(=O)Nc1cc(OC)ccc1Cl. The molecule has 1 aliphatic heterocycles. The number of methoxy groups -OCH3 is 2. The van der Waals surface area contributed by atoms with E-state index in [1.165, 1.54) is 7.11 Å². The quantitative estimate of drug-likeness (QED) is 0.606. The van der Waals surface area contributed by atoms with E-state index in [0.29, 0.717) is 28.0 Å². The molecule has 3 aromatic rings. The van der Waals surface area contributed by atoms with Gasteiger partial charge in [0.05, 0.1) is 36.5 Å². The van der Waals surface area contributed by atoms with Crippen LogP contribution in [-0.2, 0) is 20.9 Å². The van der Waals surface area contributed by atoms with Crippen molar-refractivity contribution >= 4 is 34.9 Å². The van der Waals surface area contributed by atoms with Crippen LogP contribution in [0.15, 0.2) is 48.5 Å². The second-order valence-corrected chi connectivity index (χ2v) is 7.42. The summed E-state index contributed by atoms with van der Waals surface area (Å²) in [6.45, 7) is 0.232. The van der Waals surface area contributed by atoms with Crippen LogP contribution < -0.4 is 15.4 Å².